The molecular formula is C15H21NO2. The Morgan fingerprint density at radius 3 is 2.72 bits per heavy atom. The van der Waals surface area contributed by atoms with Crippen LogP contribution in [0, 0.1) is 6.92 Å². The van der Waals surface area contributed by atoms with E-state index in [2.05, 4.69) is 5.32 Å². The van der Waals surface area contributed by atoms with Gasteiger partial charge in [0.1, 0.15) is 0 Å². The summed E-state index contributed by atoms with van der Waals surface area (Å²) in [6.45, 7) is 1.93. The lowest BCUT2D eigenvalue weighted by atomic mass is 10.0. The molecule has 1 fully saturated rings. The highest BCUT2D eigenvalue weighted by Gasteiger charge is 2.23. The molecule has 1 aromatic carbocycles. The van der Waals surface area contributed by atoms with Crippen LogP contribution in [0.5, 0.6) is 0 Å². The average molecular weight is 247 g/mol. The first-order valence-electron chi connectivity index (χ1n) is 6.73. The van der Waals surface area contributed by atoms with Gasteiger partial charge in [0.25, 0.3) is 5.91 Å². The fraction of sp³-hybridized carbons (Fsp3) is 0.533. The summed E-state index contributed by atoms with van der Waals surface area (Å²) < 4.78 is 0. The number of rotatable bonds is 2. The van der Waals surface area contributed by atoms with Gasteiger partial charge in [-0.3, -0.25) is 4.79 Å². The van der Waals surface area contributed by atoms with Gasteiger partial charge in [-0.05, 0) is 31.4 Å². The average Bonchev–Trinajstić information content (AvgIpc) is 2.55. The van der Waals surface area contributed by atoms with Gasteiger partial charge in [0.05, 0.1) is 12.1 Å². The third-order valence-corrected chi connectivity index (χ3v) is 3.69. The second kappa shape index (κ2) is 6.01. The zero-order chi connectivity index (χ0) is 13.0. The molecule has 2 atom stereocenters. The van der Waals surface area contributed by atoms with Crippen molar-refractivity contribution in [2.45, 2.75) is 51.2 Å². The van der Waals surface area contributed by atoms with Gasteiger partial charge in [-0.2, -0.15) is 0 Å². The first-order chi connectivity index (χ1) is 8.68. The number of hydrogen-bond donors (Lipinski definition) is 2. The number of amides is 1. The maximum Gasteiger partial charge on any atom is 0.251 e. The number of benzene rings is 1. The van der Waals surface area contributed by atoms with Crippen molar-refractivity contribution in [3.63, 3.8) is 0 Å². The number of carbonyl (C=O) groups is 1. The summed E-state index contributed by atoms with van der Waals surface area (Å²) in [5.74, 6) is -0.0703. The number of aliphatic hydroxyl groups is 1. The Bertz CT molecular complexity index is 417. The molecule has 0 aliphatic heterocycles. The molecule has 18 heavy (non-hydrogen) atoms. The third kappa shape index (κ3) is 3.10. The van der Waals surface area contributed by atoms with Crippen LogP contribution < -0.4 is 5.32 Å². The van der Waals surface area contributed by atoms with Gasteiger partial charge in [-0.25, -0.2) is 0 Å². The molecule has 1 saturated carbocycles. The SMILES string of the molecule is Cc1ccccc1C(=O)NC1CCCCCC1O. The van der Waals surface area contributed by atoms with Crippen LogP contribution in [0.25, 0.3) is 0 Å². The fourth-order valence-electron chi connectivity index (χ4n) is 2.53. The van der Waals surface area contributed by atoms with E-state index in [4.69, 9.17) is 0 Å². The molecule has 1 aliphatic rings. The molecule has 0 radical (unpaired) electrons. The van der Waals surface area contributed by atoms with Crippen molar-refractivity contribution in [1.29, 1.82) is 0 Å². The molecule has 0 bridgehead atoms. The molecule has 0 saturated heterocycles. The van der Waals surface area contributed by atoms with E-state index in [1.165, 1.54) is 0 Å². The zero-order valence-electron chi connectivity index (χ0n) is 10.9. The second-order valence-electron chi connectivity index (χ2n) is 5.10. The standard InChI is InChI=1S/C15H21NO2/c1-11-7-5-6-8-12(11)15(18)16-13-9-3-2-4-10-14(13)17/h5-8,13-14,17H,2-4,9-10H2,1H3,(H,16,18). The normalized spacial score (nSPS) is 24.3. The minimum absolute atomic E-state index is 0.0703. The van der Waals surface area contributed by atoms with E-state index < -0.39 is 6.10 Å². The Kier molecular flexibility index (Phi) is 4.37. The summed E-state index contributed by atoms with van der Waals surface area (Å²) in [6.07, 6.45) is 4.54. The van der Waals surface area contributed by atoms with E-state index >= 15 is 0 Å². The molecule has 2 rings (SSSR count). The number of nitrogens with one attached hydrogen (secondary N) is 1. The van der Waals surface area contributed by atoms with Crippen molar-refractivity contribution in [2.75, 3.05) is 0 Å². The first-order valence-corrected chi connectivity index (χ1v) is 6.73. The highest BCUT2D eigenvalue weighted by molar-refractivity contribution is 5.95. The molecule has 0 spiro atoms. The topological polar surface area (TPSA) is 49.3 Å². The van der Waals surface area contributed by atoms with Crippen LogP contribution in [-0.2, 0) is 0 Å². The molecule has 98 valence electrons. The Morgan fingerprint density at radius 1 is 1.22 bits per heavy atom. The van der Waals surface area contributed by atoms with Crippen molar-refractivity contribution < 1.29 is 9.90 Å². The molecule has 1 amide bonds. The second-order valence-corrected chi connectivity index (χ2v) is 5.10. The first kappa shape index (κ1) is 13.1. The van der Waals surface area contributed by atoms with E-state index in [9.17, 15) is 9.90 Å². The lowest BCUT2D eigenvalue weighted by Gasteiger charge is -2.22. The van der Waals surface area contributed by atoms with E-state index in [-0.39, 0.29) is 11.9 Å². The number of carbonyl (C=O) groups excluding carboxylic acids is 1. The predicted molar refractivity (Wildman–Crippen MR) is 71.5 cm³/mol. The number of aryl methyl sites for hydroxylation is 1. The van der Waals surface area contributed by atoms with E-state index in [1.54, 1.807) is 0 Å². The summed E-state index contributed by atoms with van der Waals surface area (Å²) in [4.78, 5) is 12.2. The van der Waals surface area contributed by atoms with Crippen molar-refractivity contribution in [3.8, 4) is 0 Å². The summed E-state index contributed by atoms with van der Waals surface area (Å²) in [7, 11) is 0. The lowest BCUT2D eigenvalue weighted by molar-refractivity contribution is 0.0818. The smallest absolute Gasteiger partial charge is 0.251 e. The Morgan fingerprint density at radius 2 is 1.94 bits per heavy atom. The largest absolute Gasteiger partial charge is 0.391 e. The van der Waals surface area contributed by atoms with Crippen LogP contribution in [-0.4, -0.2) is 23.2 Å². The summed E-state index contributed by atoms with van der Waals surface area (Å²) in [5, 5.41) is 13.0. The summed E-state index contributed by atoms with van der Waals surface area (Å²) in [5.41, 5.74) is 1.67. The minimum Gasteiger partial charge on any atom is -0.391 e. The van der Waals surface area contributed by atoms with Gasteiger partial charge in [0.2, 0.25) is 0 Å². The van der Waals surface area contributed by atoms with Crippen LogP contribution in [0.1, 0.15) is 48.0 Å². The van der Waals surface area contributed by atoms with Gasteiger partial charge < -0.3 is 10.4 Å². The molecule has 3 heteroatoms. The van der Waals surface area contributed by atoms with Crippen LogP contribution >= 0.6 is 0 Å². The van der Waals surface area contributed by atoms with Crippen molar-refractivity contribution in [3.05, 3.63) is 35.4 Å². The molecule has 2 unspecified atom stereocenters. The maximum atomic E-state index is 12.2. The molecule has 0 heterocycles. The minimum atomic E-state index is -0.402. The van der Waals surface area contributed by atoms with Crippen LogP contribution in [0.3, 0.4) is 0 Å². The van der Waals surface area contributed by atoms with Crippen LogP contribution in [0.2, 0.25) is 0 Å². The summed E-state index contributed by atoms with van der Waals surface area (Å²) in [6, 6.07) is 7.45. The lowest BCUT2D eigenvalue weighted by Crippen LogP contribution is -2.42. The monoisotopic (exact) mass is 247 g/mol. The van der Waals surface area contributed by atoms with Gasteiger partial charge in [0, 0.05) is 5.56 Å². The molecule has 2 N–H and O–H groups in total. The van der Waals surface area contributed by atoms with E-state index in [0.29, 0.717) is 5.56 Å². The summed E-state index contributed by atoms with van der Waals surface area (Å²) >= 11 is 0. The predicted octanol–water partition coefficient (Wildman–Crippen LogP) is 2.42. The number of aliphatic hydroxyl groups excluding tert-OH is 1. The highest BCUT2D eigenvalue weighted by atomic mass is 16.3. The Hall–Kier alpha value is -1.35. The molecular weight excluding hydrogens is 226 g/mol. The molecule has 1 aromatic rings. The van der Waals surface area contributed by atoms with Crippen molar-refractivity contribution in [1.82, 2.24) is 5.32 Å². The van der Waals surface area contributed by atoms with Crippen molar-refractivity contribution in [2.24, 2.45) is 0 Å². The zero-order valence-corrected chi connectivity index (χ0v) is 10.9. The van der Waals surface area contributed by atoms with Gasteiger partial charge in [-0.15, -0.1) is 0 Å². The Labute approximate surface area is 108 Å². The van der Waals surface area contributed by atoms with E-state index in [0.717, 1.165) is 37.7 Å². The fourth-order valence-corrected chi connectivity index (χ4v) is 2.53. The number of hydrogen-bond acceptors (Lipinski definition) is 2. The molecule has 1 aliphatic carbocycles. The van der Waals surface area contributed by atoms with Gasteiger partial charge in [-0.1, -0.05) is 37.5 Å². The van der Waals surface area contributed by atoms with E-state index in [1.807, 2.05) is 31.2 Å². The quantitative estimate of drug-likeness (QED) is 0.788. The molecule has 0 aromatic heterocycles. The maximum absolute atomic E-state index is 12.2. The van der Waals surface area contributed by atoms with Gasteiger partial charge >= 0.3 is 0 Å². The molecule has 3 nitrogen and oxygen atoms in total. The van der Waals surface area contributed by atoms with Gasteiger partial charge in [0.15, 0.2) is 0 Å². The highest BCUT2D eigenvalue weighted by Crippen LogP contribution is 2.18. The van der Waals surface area contributed by atoms with Crippen LogP contribution in [0.15, 0.2) is 24.3 Å². The third-order valence-electron chi connectivity index (χ3n) is 3.69. The Balaban J connectivity index is 2.04. The van der Waals surface area contributed by atoms with Crippen molar-refractivity contribution >= 4 is 5.91 Å². The van der Waals surface area contributed by atoms with Crippen LogP contribution in [0.4, 0.5) is 0 Å².